The Labute approximate surface area is 125 Å². The van der Waals surface area contributed by atoms with Crippen molar-refractivity contribution in [1.29, 1.82) is 0 Å². The third kappa shape index (κ3) is 3.34. The lowest BCUT2D eigenvalue weighted by atomic mass is 10.1. The fraction of sp³-hybridized carbons (Fsp3) is 0.353. The van der Waals surface area contributed by atoms with Crippen molar-refractivity contribution < 1.29 is 4.74 Å². The summed E-state index contributed by atoms with van der Waals surface area (Å²) in [6.45, 7) is 5.67. The SMILES string of the molecule is CC(Nc1ccccc1N1CCOCC1)c1ccncc1. The molecule has 4 heteroatoms. The average molecular weight is 283 g/mol. The fourth-order valence-corrected chi connectivity index (χ4v) is 2.64. The molecule has 1 aromatic carbocycles. The second-order valence-corrected chi connectivity index (χ2v) is 5.26. The average Bonchev–Trinajstić information content (AvgIpc) is 2.57. The second kappa shape index (κ2) is 6.59. The van der Waals surface area contributed by atoms with Crippen LogP contribution >= 0.6 is 0 Å². The highest BCUT2D eigenvalue weighted by atomic mass is 16.5. The molecule has 2 aromatic rings. The largest absolute Gasteiger partial charge is 0.378 e. The standard InChI is InChI=1S/C17H21N3O/c1-14(15-6-8-18-9-7-15)19-16-4-2-3-5-17(16)20-10-12-21-13-11-20/h2-9,14,19H,10-13H2,1H3. The molecular formula is C17H21N3O. The van der Waals surface area contributed by atoms with Gasteiger partial charge < -0.3 is 15.0 Å². The van der Waals surface area contributed by atoms with Crippen molar-refractivity contribution in [3.63, 3.8) is 0 Å². The Balaban J connectivity index is 1.79. The Morgan fingerprint density at radius 1 is 1.10 bits per heavy atom. The first-order valence-electron chi connectivity index (χ1n) is 7.43. The van der Waals surface area contributed by atoms with Gasteiger partial charge in [-0.1, -0.05) is 12.1 Å². The summed E-state index contributed by atoms with van der Waals surface area (Å²) in [5.74, 6) is 0. The first-order valence-corrected chi connectivity index (χ1v) is 7.43. The van der Waals surface area contributed by atoms with E-state index in [0.717, 1.165) is 26.3 Å². The normalized spacial score (nSPS) is 16.5. The Morgan fingerprint density at radius 3 is 2.57 bits per heavy atom. The summed E-state index contributed by atoms with van der Waals surface area (Å²) in [5, 5.41) is 3.61. The number of pyridine rings is 1. The molecule has 1 saturated heterocycles. The van der Waals surface area contributed by atoms with E-state index in [-0.39, 0.29) is 6.04 Å². The number of nitrogens with one attached hydrogen (secondary N) is 1. The number of rotatable bonds is 4. The highest BCUT2D eigenvalue weighted by molar-refractivity contribution is 5.70. The lowest BCUT2D eigenvalue weighted by Crippen LogP contribution is -2.36. The second-order valence-electron chi connectivity index (χ2n) is 5.26. The van der Waals surface area contributed by atoms with Gasteiger partial charge in [0.05, 0.1) is 24.6 Å². The molecule has 1 aliphatic rings. The summed E-state index contributed by atoms with van der Waals surface area (Å²) in [4.78, 5) is 6.46. The molecule has 4 nitrogen and oxygen atoms in total. The van der Waals surface area contributed by atoms with Gasteiger partial charge in [0.15, 0.2) is 0 Å². The van der Waals surface area contributed by atoms with Gasteiger partial charge in [-0.3, -0.25) is 4.98 Å². The molecule has 1 N–H and O–H groups in total. The Hall–Kier alpha value is -2.07. The number of nitrogens with zero attached hydrogens (tertiary/aromatic N) is 2. The van der Waals surface area contributed by atoms with Crippen molar-refractivity contribution in [3.05, 3.63) is 54.4 Å². The Kier molecular flexibility index (Phi) is 4.36. The molecule has 0 spiro atoms. The summed E-state index contributed by atoms with van der Waals surface area (Å²) in [6.07, 6.45) is 3.67. The van der Waals surface area contributed by atoms with Gasteiger partial charge in [-0.05, 0) is 36.8 Å². The van der Waals surface area contributed by atoms with Gasteiger partial charge in [0.25, 0.3) is 0 Å². The van der Waals surface area contributed by atoms with Crippen LogP contribution < -0.4 is 10.2 Å². The smallest absolute Gasteiger partial charge is 0.0642 e. The van der Waals surface area contributed by atoms with Gasteiger partial charge in [0.2, 0.25) is 0 Å². The van der Waals surface area contributed by atoms with E-state index >= 15 is 0 Å². The lowest BCUT2D eigenvalue weighted by Gasteiger charge is -2.31. The van der Waals surface area contributed by atoms with Gasteiger partial charge in [0.1, 0.15) is 0 Å². The summed E-state index contributed by atoms with van der Waals surface area (Å²) in [7, 11) is 0. The van der Waals surface area contributed by atoms with E-state index in [1.807, 2.05) is 12.4 Å². The quantitative estimate of drug-likeness (QED) is 0.935. The Morgan fingerprint density at radius 2 is 1.81 bits per heavy atom. The molecule has 0 bridgehead atoms. The third-order valence-corrected chi connectivity index (χ3v) is 3.83. The highest BCUT2D eigenvalue weighted by Crippen LogP contribution is 2.29. The number of hydrogen-bond donors (Lipinski definition) is 1. The van der Waals surface area contributed by atoms with Gasteiger partial charge >= 0.3 is 0 Å². The number of anilines is 2. The molecule has 1 aromatic heterocycles. The van der Waals surface area contributed by atoms with Crippen LogP contribution in [-0.2, 0) is 4.74 Å². The minimum atomic E-state index is 0.246. The van der Waals surface area contributed by atoms with E-state index in [9.17, 15) is 0 Å². The minimum absolute atomic E-state index is 0.246. The summed E-state index contributed by atoms with van der Waals surface area (Å²) in [6, 6.07) is 12.8. The molecule has 0 saturated carbocycles. The van der Waals surface area contributed by atoms with Crippen LogP contribution in [0.3, 0.4) is 0 Å². The van der Waals surface area contributed by atoms with Crippen LogP contribution in [0, 0.1) is 0 Å². The molecule has 1 atom stereocenters. The summed E-state index contributed by atoms with van der Waals surface area (Å²) in [5.41, 5.74) is 3.66. The van der Waals surface area contributed by atoms with E-state index < -0.39 is 0 Å². The number of morpholine rings is 1. The van der Waals surface area contributed by atoms with Crippen LogP contribution in [-0.4, -0.2) is 31.3 Å². The van der Waals surface area contributed by atoms with Crippen molar-refractivity contribution in [2.45, 2.75) is 13.0 Å². The van der Waals surface area contributed by atoms with Gasteiger partial charge in [-0.2, -0.15) is 0 Å². The lowest BCUT2D eigenvalue weighted by molar-refractivity contribution is 0.123. The van der Waals surface area contributed by atoms with Crippen molar-refractivity contribution in [3.8, 4) is 0 Å². The number of hydrogen-bond acceptors (Lipinski definition) is 4. The third-order valence-electron chi connectivity index (χ3n) is 3.83. The molecular weight excluding hydrogens is 262 g/mol. The van der Waals surface area contributed by atoms with E-state index in [2.05, 4.69) is 58.5 Å². The number of para-hydroxylation sites is 2. The predicted octanol–water partition coefficient (Wildman–Crippen LogP) is 3.09. The van der Waals surface area contributed by atoms with E-state index in [4.69, 9.17) is 4.74 Å². The molecule has 0 amide bonds. The van der Waals surface area contributed by atoms with E-state index in [1.54, 1.807) is 0 Å². The molecule has 0 radical (unpaired) electrons. The summed E-state index contributed by atoms with van der Waals surface area (Å²) >= 11 is 0. The number of benzene rings is 1. The van der Waals surface area contributed by atoms with Crippen LogP contribution in [0.15, 0.2) is 48.8 Å². The molecule has 1 aliphatic heterocycles. The molecule has 3 rings (SSSR count). The maximum Gasteiger partial charge on any atom is 0.0642 e. The monoisotopic (exact) mass is 283 g/mol. The maximum absolute atomic E-state index is 5.44. The fourth-order valence-electron chi connectivity index (χ4n) is 2.64. The number of aromatic nitrogens is 1. The van der Waals surface area contributed by atoms with Crippen LogP contribution in [0.4, 0.5) is 11.4 Å². The first-order chi connectivity index (χ1) is 10.3. The van der Waals surface area contributed by atoms with E-state index in [0.29, 0.717) is 0 Å². The van der Waals surface area contributed by atoms with Crippen LogP contribution in [0.1, 0.15) is 18.5 Å². The zero-order valence-electron chi connectivity index (χ0n) is 12.3. The van der Waals surface area contributed by atoms with Crippen LogP contribution in [0.25, 0.3) is 0 Å². The summed E-state index contributed by atoms with van der Waals surface area (Å²) < 4.78 is 5.44. The van der Waals surface area contributed by atoms with Gasteiger partial charge in [-0.15, -0.1) is 0 Å². The zero-order chi connectivity index (χ0) is 14.5. The van der Waals surface area contributed by atoms with Crippen LogP contribution in [0.2, 0.25) is 0 Å². The van der Waals surface area contributed by atoms with Crippen LogP contribution in [0.5, 0.6) is 0 Å². The Bertz CT molecular complexity index is 567. The molecule has 2 heterocycles. The van der Waals surface area contributed by atoms with E-state index in [1.165, 1.54) is 16.9 Å². The van der Waals surface area contributed by atoms with Gasteiger partial charge in [-0.25, -0.2) is 0 Å². The van der Waals surface area contributed by atoms with Crippen molar-refractivity contribution in [2.24, 2.45) is 0 Å². The topological polar surface area (TPSA) is 37.4 Å². The van der Waals surface area contributed by atoms with Gasteiger partial charge in [0, 0.05) is 31.5 Å². The maximum atomic E-state index is 5.44. The zero-order valence-corrected chi connectivity index (χ0v) is 12.3. The molecule has 21 heavy (non-hydrogen) atoms. The molecule has 1 fully saturated rings. The molecule has 1 unspecified atom stereocenters. The minimum Gasteiger partial charge on any atom is -0.378 e. The number of ether oxygens (including phenoxy) is 1. The highest BCUT2D eigenvalue weighted by Gasteiger charge is 2.15. The van der Waals surface area contributed by atoms with Crippen molar-refractivity contribution in [2.75, 3.05) is 36.5 Å². The predicted molar refractivity (Wildman–Crippen MR) is 85.7 cm³/mol. The molecule has 110 valence electrons. The van der Waals surface area contributed by atoms with Crippen molar-refractivity contribution >= 4 is 11.4 Å². The first kappa shape index (κ1) is 13.9. The molecule has 0 aliphatic carbocycles. The van der Waals surface area contributed by atoms with Crippen molar-refractivity contribution in [1.82, 2.24) is 4.98 Å².